The lowest BCUT2D eigenvalue weighted by atomic mass is 10.2. The van der Waals surface area contributed by atoms with Gasteiger partial charge >= 0.3 is 0 Å². The number of aromatic nitrogens is 4. The lowest BCUT2D eigenvalue weighted by molar-refractivity contribution is 0.704. The predicted molar refractivity (Wildman–Crippen MR) is 133 cm³/mol. The lowest BCUT2D eigenvalue weighted by Gasteiger charge is -2.11. The zero-order valence-electron chi connectivity index (χ0n) is 16.6. The second kappa shape index (κ2) is 9.08. The molecule has 0 aliphatic heterocycles. The van der Waals surface area contributed by atoms with Gasteiger partial charge in [-0.1, -0.05) is 37.0 Å². The number of rotatable bonds is 6. The number of aryl methyl sites for hydroxylation is 2. The number of imidazole rings is 1. The van der Waals surface area contributed by atoms with E-state index in [1.54, 1.807) is 12.4 Å². The first-order valence-electron chi connectivity index (χ1n) is 9.73. The van der Waals surface area contributed by atoms with Crippen LogP contribution in [0.2, 0.25) is 10.0 Å². The van der Waals surface area contributed by atoms with Gasteiger partial charge in [-0.15, -0.1) is 0 Å². The fourth-order valence-electron chi connectivity index (χ4n) is 3.34. The molecule has 0 spiro atoms. The molecule has 30 heavy (non-hydrogen) atoms. The van der Waals surface area contributed by atoms with E-state index in [9.17, 15) is 0 Å². The minimum atomic E-state index is 0.517. The first kappa shape index (κ1) is 21.3. The van der Waals surface area contributed by atoms with Crippen molar-refractivity contribution in [3.63, 3.8) is 0 Å². The highest BCUT2D eigenvalue weighted by Crippen LogP contribution is 2.33. The van der Waals surface area contributed by atoms with Crippen molar-refractivity contribution in [1.82, 2.24) is 19.5 Å². The molecule has 4 aromatic rings. The summed E-state index contributed by atoms with van der Waals surface area (Å²) in [5.74, 6) is 1.39. The average molecular weight is 552 g/mol. The number of benzene rings is 1. The first-order valence-corrected chi connectivity index (χ1v) is 11.6. The van der Waals surface area contributed by atoms with Crippen LogP contribution in [-0.4, -0.2) is 19.5 Å². The van der Waals surface area contributed by atoms with Gasteiger partial charge in [-0.25, -0.2) is 9.97 Å². The number of hydrogen-bond acceptors (Lipinski definition) is 4. The molecule has 5 nitrogen and oxygen atoms in total. The summed E-state index contributed by atoms with van der Waals surface area (Å²) in [4.78, 5) is 13.8. The number of fused-ring (bicyclic) bond motifs is 1. The fourth-order valence-corrected chi connectivity index (χ4v) is 4.66. The molecule has 3 aromatic heterocycles. The topological polar surface area (TPSA) is 55.6 Å². The van der Waals surface area contributed by atoms with Gasteiger partial charge in [-0.05, 0) is 65.8 Å². The highest BCUT2D eigenvalue weighted by atomic mass is 127. The summed E-state index contributed by atoms with van der Waals surface area (Å²) in [7, 11) is 0. The minimum Gasteiger partial charge on any atom is -0.338 e. The standard InChI is InChI=1S/C22H20Cl2IN5/c1-3-7-30-20-17(23)9-14(25)10-19(20)29-22(30)13-8-18(24)21(27-11-13)28-16-6-5-15(4-2)26-12-16/h5-6,8-12H,3-4,7H2,1-2H3,(H,27,28). The number of halogens is 3. The van der Waals surface area contributed by atoms with Crippen molar-refractivity contribution >= 4 is 68.3 Å². The summed E-state index contributed by atoms with van der Waals surface area (Å²) < 4.78 is 3.19. The van der Waals surface area contributed by atoms with Gasteiger partial charge in [0.25, 0.3) is 0 Å². The first-order chi connectivity index (χ1) is 14.5. The van der Waals surface area contributed by atoms with E-state index < -0.39 is 0 Å². The van der Waals surface area contributed by atoms with Gasteiger partial charge in [-0.3, -0.25) is 4.98 Å². The van der Waals surface area contributed by atoms with Gasteiger partial charge in [0.05, 0.1) is 33.0 Å². The molecule has 1 N–H and O–H groups in total. The molecule has 1 aromatic carbocycles. The summed E-state index contributed by atoms with van der Waals surface area (Å²) in [5.41, 5.74) is 4.54. The summed E-state index contributed by atoms with van der Waals surface area (Å²) in [6.45, 7) is 5.01. The van der Waals surface area contributed by atoms with Gasteiger partial charge < -0.3 is 9.88 Å². The van der Waals surface area contributed by atoms with E-state index in [2.05, 4.69) is 56.3 Å². The zero-order chi connectivity index (χ0) is 21.3. The molecule has 0 unspecified atom stereocenters. The van der Waals surface area contributed by atoms with Gasteiger partial charge in [0.1, 0.15) is 11.6 Å². The highest BCUT2D eigenvalue weighted by molar-refractivity contribution is 14.1. The maximum Gasteiger partial charge on any atom is 0.149 e. The third-order valence-corrected chi connectivity index (χ3v) is 5.96. The lowest BCUT2D eigenvalue weighted by Crippen LogP contribution is -2.01. The third-order valence-electron chi connectivity index (χ3n) is 4.76. The molecule has 0 saturated heterocycles. The van der Waals surface area contributed by atoms with E-state index in [0.29, 0.717) is 15.9 Å². The molecule has 8 heteroatoms. The van der Waals surface area contributed by atoms with Crippen LogP contribution in [0, 0.1) is 3.57 Å². The second-order valence-electron chi connectivity index (χ2n) is 6.91. The SMILES string of the molecule is CCCn1c(-c2cnc(Nc3ccc(CC)nc3)c(Cl)c2)nc2cc(I)cc(Cl)c21. The summed E-state index contributed by atoms with van der Waals surface area (Å²) in [6.07, 6.45) is 5.43. The van der Waals surface area contributed by atoms with Gasteiger partial charge in [0.15, 0.2) is 0 Å². The molecule has 0 amide bonds. The van der Waals surface area contributed by atoms with Crippen molar-refractivity contribution in [3.8, 4) is 11.4 Å². The van der Waals surface area contributed by atoms with Crippen LogP contribution in [0.15, 0.2) is 42.7 Å². The van der Waals surface area contributed by atoms with E-state index in [0.717, 1.165) is 56.8 Å². The van der Waals surface area contributed by atoms with Crippen molar-refractivity contribution in [3.05, 3.63) is 62.0 Å². The molecule has 0 aliphatic rings. The normalized spacial score (nSPS) is 11.2. The minimum absolute atomic E-state index is 0.517. The van der Waals surface area contributed by atoms with Crippen LogP contribution in [-0.2, 0) is 13.0 Å². The van der Waals surface area contributed by atoms with Crippen molar-refractivity contribution in [2.45, 2.75) is 33.2 Å². The molecule has 0 radical (unpaired) electrons. The molecule has 4 rings (SSSR count). The Balaban J connectivity index is 1.72. The molecule has 0 bridgehead atoms. The maximum atomic E-state index is 6.56. The van der Waals surface area contributed by atoms with E-state index in [1.807, 2.05) is 30.3 Å². The molecular formula is C22H20Cl2IN5. The number of anilines is 2. The molecule has 154 valence electrons. The van der Waals surface area contributed by atoms with E-state index in [4.69, 9.17) is 28.2 Å². The summed E-state index contributed by atoms with van der Waals surface area (Å²) in [6, 6.07) is 9.84. The van der Waals surface area contributed by atoms with Crippen LogP contribution in [0.5, 0.6) is 0 Å². The van der Waals surface area contributed by atoms with E-state index >= 15 is 0 Å². The molecule has 3 heterocycles. The van der Waals surface area contributed by atoms with Crippen LogP contribution in [0.1, 0.15) is 26.0 Å². The summed E-state index contributed by atoms with van der Waals surface area (Å²) >= 11 is 15.4. The van der Waals surface area contributed by atoms with Crippen LogP contribution in [0.25, 0.3) is 22.4 Å². The maximum absolute atomic E-state index is 6.56. The van der Waals surface area contributed by atoms with Crippen molar-refractivity contribution in [2.24, 2.45) is 0 Å². The van der Waals surface area contributed by atoms with Crippen LogP contribution >= 0.6 is 45.8 Å². The zero-order valence-corrected chi connectivity index (χ0v) is 20.3. The Hall–Kier alpha value is -1.90. The largest absolute Gasteiger partial charge is 0.338 e. The van der Waals surface area contributed by atoms with Crippen molar-refractivity contribution < 1.29 is 0 Å². The quantitative estimate of drug-likeness (QED) is 0.259. The average Bonchev–Trinajstić information content (AvgIpc) is 3.09. The Morgan fingerprint density at radius 3 is 2.53 bits per heavy atom. The van der Waals surface area contributed by atoms with Crippen LogP contribution in [0.3, 0.4) is 0 Å². The molecule has 0 saturated carbocycles. The number of pyridine rings is 2. The smallest absolute Gasteiger partial charge is 0.149 e. The molecule has 0 atom stereocenters. The molecular weight excluding hydrogens is 532 g/mol. The van der Waals surface area contributed by atoms with Gasteiger partial charge in [0.2, 0.25) is 0 Å². The van der Waals surface area contributed by atoms with E-state index in [-0.39, 0.29) is 0 Å². The van der Waals surface area contributed by atoms with Crippen molar-refractivity contribution in [1.29, 1.82) is 0 Å². The highest BCUT2D eigenvalue weighted by Gasteiger charge is 2.17. The Labute approximate surface area is 199 Å². The van der Waals surface area contributed by atoms with Gasteiger partial charge in [-0.2, -0.15) is 0 Å². The number of hydrogen-bond donors (Lipinski definition) is 1. The Bertz CT molecular complexity index is 1200. The molecule has 0 aliphatic carbocycles. The van der Waals surface area contributed by atoms with E-state index in [1.165, 1.54) is 0 Å². The van der Waals surface area contributed by atoms with Crippen LogP contribution in [0.4, 0.5) is 11.5 Å². The summed E-state index contributed by atoms with van der Waals surface area (Å²) in [5, 5.41) is 4.45. The van der Waals surface area contributed by atoms with Gasteiger partial charge in [0, 0.05) is 27.6 Å². The Morgan fingerprint density at radius 2 is 1.87 bits per heavy atom. The number of nitrogens with zero attached hydrogens (tertiary/aromatic N) is 4. The fraction of sp³-hybridized carbons (Fsp3) is 0.227. The Morgan fingerprint density at radius 1 is 1.03 bits per heavy atom. The van der Waals surface area contributed by atoms with Crippen LogP contribution < -0.4 is 5.32 Å². The number of nitrogens with one attached hydrogen (secondary N) is 1. The third kappa shape index (κ3) is 4.26. The van der Waals surface area contributed by atoms with Crippen molar-refractivity contribution in [2.75, 3.05) is 5.32 Å². The monoisotopic (exact) mass is 551 g/mol. The second-order valence-corrected chi connectivity index (χ2v) is 8.97. The predicted octanol–water partition coefficient (Wildman–Crippen LogP) is 7.12. The molecule has 0 fully saturated rings. The Kier molecular flexibility index (Phi) is 6.46.